The van der Waals surface area contributed by atoms with E-state index in [0.29, 0.717) is 13.1 Å². The van der Waals surface area contributed by atoms with E-state index in [2.05, 4.69) is 33.5 Å². The maximum atomic E-state index is 12.2. The number of hydrogen-bond donors (Lipinski definition) is 1. The first-order valence-electron chi connectivity index (χ1n) is 9.12. The number of carbonyl (C=O) groups is 1. The van der Waals surface area contributed by atoms with Crippen LogP contribution in [0.1, 0.15) is 16.0 Å². The highest BCUT2D eigenvalue weighted by atomic mass is 35.5. The highest BCUT2D eigenvalue weighted by Crippen LogP contribution is 2.24. The number of ether oxygens (including phenoxy) is 1. The summed E-state index contributed by atoms with van der Waals surface area (Å²) in [5, 5.41) is 5.82. The van der Waals surface area contributed by atoms with Gasteiger partial charge in [0.2, 0.25) is 5.91 Å². The predicted octanol–water partition coefficient (Wildman–Crippen LogP) is 3.15. The third kappa shape index (κ3) is 5.69. The Morgan fingerprint density at radius 2 is 1.96 bits per heavy atom. The molecular formula is C20H26ClN3O2S. The Morgan fingerprint density at radius 3 is 2.63 bits per heavy atom. The predicted molar refractivity (Wildman–Crippen MR) is 111 cm³/mol. The van der Waals surface area contributed by atoms with Gasteiger partial charge in [0.25, 0.3) is 0 Å². The maximum Gasteiger partial charge on any atom is 0.234 e. The Labute approximate surface area is 169 Å². The van der Waals surface area contributed by atoms with Gasteiger partial charge in [-0.15, -0.1) is 11.3 Å². The van der Waals surface area contributed by atoms with Gasteiger partial charge in [0.15, 0.2) is 0 Å². The van der Waals surface area contributed by atoms with E-state index >= 15 is 0 Å². The van der Waals surface area contributed by atoms with Crippen molar-refractivity contribution in [3.05, 3.63) is 50.7 Å². The second-order valence-electron chi connectivity index (χ2n) is 6.81. The molecule has 2 heterocycles. The summed E-state index contributed by atoms with van der Waals surface area (Å²) in [6.45, 7) is 7.58. The van der Waals surface area contributed by atoms with E-state index in [0.717, 1.165) is 49.1 Å². The Kier molecular flexibility index (Phi) is 7.13. The molecule has 1 aliphatic rings. The van der Waals surface area contributed by atoms with Gasteiger partial charge < -0.3 is 10.1 Å². The summed E-state index contributed by atoms with van der Waals surface area (Å²) in [7, 11) is 1.68. The van der Waals surface area contributed by atoms with Crippen molar-refractivity contribution in [2.75, 3.05) is 39.8 Å². The summed E-state index contributed by atoms with van der Waals surface area (Å²) >= 11 is 7.81. The van der Waals surface area contributed by atoms with Gasteiger partial charge in [-0.1, -0.05) is 11.6 Å². The quantitative estimate of drug-likeness (QED) is 0.765. The number of aryl methyl sites for hydroxylation is 1. The molecule has 7 heteroatoms. The molecule has 0 saturated carbocycles. The SMILES string of the molecule is COc1ccc(Cl)cc1CN1CCN(CC(=O)NCc2sccc2C)CC1. The lowest BCUT2D eigenvalue weighted by atomic mass is 10.1. The largest absolute Gasteiger partial charge is 0.496 e. The number of benzene rings is 1. The molecule has 0 atom stereocenters. The first kappa shape index (κ1) is 20.1. The van der Waals surface area contributed by atoms with E-state index in [4.69, 9.17) is 16.3 Å². The number of hydrogen-bond acceptors (Lipinski definition) is 5. The number of methoxy groups -OCH3 is 1. The normalized spacial score (nSPS) is 15.7. The van der Waals surface area contributed by atoms with Crippen LogP contribution in [0.15, 0.2) is 29.6 Å². The molecule has 1 saturated heterocycles. The van der Waals surface area contributed by atoms with E-state index < -0.39 is 0 Å². The number of carbonyl (C=O) groups excluding carboxylic acids is 1. The molecule has 0 aliphatic carbocycles. The lowest BCUT2D eigenvalue weighted by molar-refractivity contribution is -0.122. The van der Waals surface area contributed by atoms with Crippen LogP contribution in [0, 0.1) is 6.92 Å². The Hall–Kier alpha value is -1.60. The summed E-state index contributed by atoms with van der Waals surface area (Å²) in [5.74, 6) is 0.956. The molecule has 0 spiro atoms. The average Bonchev–Trinajstić information content (AvgIpc) is 3.07. The zero-order valence-corrected chi connectivity index (χ0v) is 17.4. The molecule has 0 bridgehead atoms. The molecule has 0 unspecified atom stereocenters. The van der Waals surface area contributed by atoms with Crippen molar-refractivity contribution in [3.63, 3.8) is 0 Å². The van der Waals surface area contributed by atoms with Gasteiger partial charge in [-0.3, -0.25) is 14.6 Å². The standard InChI is InChI=1S/C20H26ClN3O2S/c1-15-5-10-27-19(15)12-22-20(25)14-24-8-6-23(7-9-24)13-16-11-17(21)3-4-18(16)26-2/h3-5,10-11H,6-9,12-14H2,1-2H3,(H,22,25). The number of piperazine rings is 1. The third-order valence-electron chi connectivity index (χ3n) is 4.88. The first-order valence-corrected chi connectivity index (χ1v) is 10.4. The fourth-order valence-corrected chi connectivity index (χ4v) is 4.28. The van der Waals surface area contributed by atoms with Crippen LogP contribution in [0.25, 0.3) is 0 Å². The minimum absolute atomic E-state index is 0.0905. The second-order valence-corrected chi connectivity index (χ2v) is 8.25. The Bertz CT molecular complexity index is 772. The van der Waals surface area contributed by atoms with Gasteiger partial charge in [-0.2, -0.15) is 0 Å². The minimum atomic E-state index is 0.0905. The van der Waals surface area contributed by atoms with Crippen LogP contribution >= 0.6 is 22.9 Å². The van der Waals surface area contributed by atoms with Gasteiger partial charge >= 0.3 is 0 Å². The van der Waals surface area contributed by atoms with Crippen LogP contribution in [0.2, 0.25) is 5.02 Å². The van der Waals surface area contributed by atoms with Crippen molar-refractivity contribution >= 4 is 28.8 Å². The van der Waals surface area contributed by atoms with Crippen LogP contribution in [-0.2, 0) is 17.9 Å². The van der Waals surface area contributed by atoms with E-state index in [-0.39, 0.29) is 5.91 Å². The topological polar surface area (TPSA) is 44.8 Å². The molecule has 146 valence electrons. The summed E-state index contributed by atoms with van der Waals surface area (Å²) in [5.41, 5.74) is 2.34. The molecule has 1 amide bonds. The summed E-state index contributed by atoms with van der Waals surface area (Å²) in [6.07, 6.45) is 0. The van der Waals surface area contributed by atoms with Gasteiger partial charge in [0, 0.05) is 48.2 Å². The molecule has 5 nitrogen and oxygen atoms in total. The molecule has 1 N–H and O–H groups in total. The summed E-state index contributed by atoms with van der Waals surface area (Å²) < 4.78 is 5.43. The molecular weight excluding hydrogens is 382 g/mol. The minimum Gasteiger partial charge on any atom is -0.496 e. The highest BCUT2D eigenvalue weighted by Gasteiger charge is 2.20. The number of amides is 1. The average molecular weight is 408 g/mol. The monoisotopic (exact) mass is 407 g/mol. The van der Waals surface area contributed by atoms with E-state index in [1.807, 2.05) is 18.2 Å². The molecule has 1 aromatic carbocycles. The smallest absolute Gasteiger partial charge is 0.234 e. The Morgan fingerprint density at radius 1 is 1.22 bits per heavy atom. The second kappa shape index (κ2) is 9.55. The maximum absolute atomic E-state index is 12.2. The first-order chi connectivity index (χ1) is 13.0. The molecule has 1 fully saturated rings. The fourth-order valence-electron chi connectivity index (χ4n) is 3.24. The molecule has 3 rings (SSSR count). The van der Waals surface area contributed by atoms with Gasteiger partial charge in [0.1, 0.15) is 5.75 Å². The van der Waals surface area contributed by atoms with E-state index in [1.54, 1.807) is 18.4 Å². The third-order valence-corrected chi connectivity index (χ3v) is 6.14. The highest BCUT2D eigenvalue weighted by molar-refractivity contribution is 7.10. The molecule has 2 aromatic rings. The van der Waals surface area contributed by atoms with Crippen LogP contribution in [-0.4, -0.2) is 55.5 Å². The van der Waals surface area contributed by atoms with E-state index in [1.165, 1.54) is 10.4 Å². The lowest BCUT2D eigenvalue weighted by Crippen LogP contribution is -2.49. The number of nitrogens with one attached hydrogen (secondary N) is 1. The van der Waals surface area contributed by atoms with Gasteiger partial charge in [-0.25, -0.2) is 0 Å². The van der Waals surface area contributed by atoms with Crippen molar-refractivity contribution in [2.24, 2.45) is 0 Å². The molecule has 0 radical (unpaired) electrons. The van der Waals surface area contributed by atoms with Crippen LogP contribution in [0.5, 0.6) is 5.75 Å². The van der Waals surface area contributed by atoms with Crippen molar-refractivity contribution in [3.8, 4) is 5.75 Å². The summed E-state index contributed by atoms with van der Waals surface area (Å²) in [4.78, 5) is 18.0. The van der Waals surface area contributed by atoms with Crippen molar-refractivity contribution in [1.29, 1.82) is 0 Å². The zero-order valence-electron chi connectivity index (χ0n) is 15.8. The Balaban J connectivity index is 1.43. The number of rotatable bonds is 7. The van der Waals surface area contributed by atoms with Crippen molar-refractivity contribution in [2.45, 2.75) is 20.0 Å². The van der Waals surface area contributed by atoms with Crippen molar-refractivity contribution in [1.82, 2.24) is 15.1 Å². The fraction of sp³-hybridized carbons (Fsp3) is 0.450. The lowest BCUT2D eigenvalue weighted by Gasteiger charge is -2.34. The summed E-state index contributed by atoms with van der Waals surface area (Å²) in [6, 6.07) is 7.80. The van der Waals surface area contributed by atoms with Crippen LogP contribution in [0.4, 0.5) is 0 Å². The number of halogens is 1. The number of thiophene rings is 1. The van der Waals surface area contributed by atoms with Gasteiger partial charge in [0.05, 0.1) is 20.2 Å². The van der Waals surface area contributed by atoms with Crippen LogP contribution < -0.4 is 10.1 Å². The van der Waals surface area contributed by atoms with Crippen molar-refractivity contribution < 1.29 is 9.53 Å². The van der Waals surface area contributed by atoms with E-state index in [9.17, 15) is 4.79 Å². The van der Waals surface area contributed by atoms with Crippen LogP contribution in [0.3, 0.4) is 0 Å². The molecule has 27 heavy (non-hydrogen) atoms. The molecule has 1 aromatic heterocycles. The van der Waals surface area contributed by atoms with Gasteiger partial charge in [-0.05, 0) is 42.1 Å². The zero-order chi connectivity index (χ0) is 19.2. The molecule has 1 aliphatic heterocycles. The number of nitrogens with zero attached hydrogens (tertiary/aromatic N) is 2.